The van der Waals surface area contributed by atoms with Crippen LogP contribution in [-0.4, -0.2) is 40.3 Å². The second-order valence-electron chi connectivity index (χ2n) is 6.44. The van der Waals surface area contributed by atoms with Crippen molar-refractivity contribution >= 4 is 17.5 Å². The third-order valence-corrected chi connectivity index (χ3v) is 4.73. The largest absolute Gasteiger partial charge is 0.497 e. The highest BCUT2D eigenvalue weighted by atomic mass is 16.5. The number of nitrogens with one attached hydrogen (secondary N) is 2. The van der Waals surface area contributed by atoms with E-state index >= 15 is 0 Å². The van der Waals surface area contributed by atoms with Gasteiger partial charge in [0, 0.05) is 11.8 Å². The van der Waals surface area contributed by atoms with Gasteiger partial charge in [-0.15, -0.1) is 0 Å². The van der Waals surface area contributed by atoms with Crippen molar-refractivity contribution < 1.29 is 14.3 Å². The van der Waals surface area contributed by atoms with Gasteiger partial charge in [-0.3, -0.25) is 4.79 Å². The van der Waals surface area contributed by atoms with Crippen molar-refractivity contribution in [3.8, 4) is 11.5 Å². The number of fused-ring (bicyclic) bond motifs is 1. The van der Waals surface area contributed by atoms with Gasteiger partial charge in [-0.2, -0.15) is 4.68 Å². The average Bonchev–Trinajstić information content (AvgIpc) is 3.21. The summed E-state index contributed by atoms with van der Waals surface area (Å²) in [5, 5.41) is 17.9. The van der Waals surface area contributed by atoms with Crippen LogP contribution in [0.1, 0.15) is 18.5 Å². The van der Waals surface area contributed by atoms with Crippen LogP contribution in [-0.2, 0) is 4.79 Å². The minimum Gasteiger partial charge on any atom is -0.497 e. The number of aromatic nitrogens is 4. The van der Waals surface area contributed by atoms with Crippen LogP contribution < -0.4 is 20.1 Å². The van der Waals surface area contributed by atoms with Gasteiger partial charge < -0.3 is 20.1 Å². The van der Waals surface area contributed by atoms with Crippen LogP contribution in [0.4, 0.5) is 11.6 Å². The van der Waals surface area contributed by atoms with E-state index in [2.05, 4.69) is 26.2 Å². The average molecular weight is 392 g/mol. The molecular formula is C20H20N6O3. The number of tetrazole rings is 1. The lowest BCUT2D eigenvalue weighted by molar-refractivity contribution is -0.113. The summed E-state index contributed by atoms with van der Waals surface area (Å²) in [7, 11) is 3.11. The van der Waals surface area contributed by atoms with Gasteiger partial charge in [-0.25, -0.2) is 0 Å². The van der Waals surface area contributed by atoms with Crippen molar-refractivity contribution in [2.24, 2.45) is 0 Å². The SMILES string of the molecule is COc1ccc(NC(=O)C2=C(C)Nc3nnnn3[C@@H]2c2ccccc2)c(OC)c1. The van der Waals surface area contributed by atoms with Crippen molar-refractivity contribution in [1.82, 2.24) is 20.2 Å². The predicted octanol–water partition coefficient (Wildman–Crippen LogP) is 2.62. The number of anilines is 2. The smallest absolute Gasteiger partial charge is 0.255 e. The number of benzene rings is 2. The van der Waals surface area contributed by atoms with E-state index in [1.54, 1.807) is 30.0 Å². The van der Waals surface area contributed by atoms with Gasteiger partial charge in [0.05, 0.1) is 25.5 Å². The first kappa shape index (κ1) is 18.5. The fourth-order valence-electron chi connectivity index (χ4n) is 3.34. The van der Waals surface area contributed by atoms with Crippen LogP contribution in [0.3, 0.4) is 0 Å². The zero-order valence-electron chi connectivity index (χ0n) is 16.2. The van der Waals surface area contributed by atoms with Gasteiger partial charge in [0.1, 0.15) is 17.5 Å². The number of hydrogen-bond donors (Lipinski definition) is 2. The molecule has 2 N–H and O–H groups in total. The molecule has 4 rings (SSSR count). The Bertz CT molecular complexity index is 1080. The lowest BCUT2D eigenvalue weighted by Crippen LogP contribution is -2.31. The summed E-state index contributed by atoms with van der Waals surface area (Å²) < 4.78 is 12.2. The van der Waals surface area contributed by atoms with Crippen LogP contribution in [0, 0.1) is 0 Å². The van der Waals surface area contributed by atoms with Gasteiger partial charge in [0.25, 0.3) is 5.91 Å². The van der Waals surface area contributed by atoms with Crippen LogP contribution >= 0.6 is 0 Å². The summed E-state index contributed by atoms with van der Waals surface area (Å²) in [4.78, 5) is 13.3. The van der Waals surface area contributed by atoms with E-state index in [1.165, 1.54) is 7.11 Å². The number of amides is 1. The molecule has 1 aliphatic heterocycles. The number of rotatable bonds is 5. The number of nitrogens with zero attached hydrogens (tertiary/aromatic N) is 4. The highest BCUT2D eigenvalue weighted by Gasteiger charge is 2.34. The molecule has 0 radical (unpaired) electrons. The number of ether oxygens (including phenoxy) is 2. The zero-order valence-corrected chi connectivity index (χ0v) is 16.2. The van der Waals surface area contributed by atoms with Gasteiger partial charge in [-0.1, -0.05) is 35.4 Å². The molecule has 0 aliphatic carbocycles. The molecule has 0 unspecified atom stereocenters. The summed E-state index contributed by atoms with van der Waals surface area (Å²) in [5.41, 5.74) is 2.61. The van der Waals surface area contributed by atoms with E-state index in [0.717, 1.165) is 5.56 Å². The second-order valence-corrected chi connectivity index (χ2v) is 6.44. The number of carbonyl (C=O) groups excluding carboxylic acids is 1. The number of allylic oxidation sites excluding steroid dienone is 1. The van der Waals surface area contributed by atoms with Crippen molar-refractivity contribution in [2.45, 2.75) is 13.0 Å². The number of carbonyl (C=O) groups is 1. The Hall–Kier alpha value is -3.88. The van der Waals surface area contributed by atoms with Crippen LogP contribution in [0.15, 0.2) is 59.8 Å². The Kier molecular flexibility index (Phi) is 4.86. The van der Waals surface area contributed by atoms with E-state index in [4.69, 9.17) is 9.47 Å². The van der Waals surface area contributed by atoms with Crippen LogP contribution in [0.5, 0.6) is 11.5 Å². The minimum atomic E-state index is -0.466. The first-order chi connectivity index (χ1) is 14.1. The molecule has 0 saturated carbocycles. The monoisotopic (exact) mass is 392 g/mol. The predicted molar refractivity (Wildman–Crippen MR) is 107 cm³/mol. The van der Waals surface area contributed by atoms with E-state index in [9.17, 15) is 4.79 Å². The zero-order chi connectivity index (χ0) is 20.4. The Morgan fingerprint density at radius 2 is 1.93 bits per heavy atom. The van der Waals surface area contributed by atoms with Gasteiger partial charge in [-0.05, 0) is 35.0 Å². The minimum absolute atomic E-state index is 0.284. The van der Waals surface area contributed by atoms with E-state index < -0.39 is 6.04 Å². The standard InChI is InChI=1S/C20H20N6O3/c1-12-17(19(27)22-15-10-9-14(28-2)11-16(15)29-3)18(13-7-5-4-6-8-13)26-20(21-12)23-24-25-26/h4-11,18H,1-3H3,(H,22,27)(H,21,23,25)/t18-/m1/s1. The quantitative estimate of drug-likeness (QED) is 0.688. The fraction of sp³-hybridized carbons (Fsp3) is 0.200. The van der Waals surface area contributed by atoms with Gasteiger partial charge in [0.2, 0.25) is 5.95 Å². The summed E-state index contributed by atoms with van der Waals surface area (Å²) in [6.45, 7) is 1.83. The fourth-order valence-corrected chi connectivity index (χ4v) is 3.34. The Morgan fingerprint density at radius 1 is 1.14 bits per heavy atom. The molecule has 0 fully saturated rings. The van der Waals surface area contributed by atoms with Gasteiger partial charge >= 0.3 is 0 Å². The van der Waals surface area contributed by atoms with Crippen molar-refractivity contribution in [2.75, 3.05) is 24.9 Å². The Labute approximate surface area is 167 Å². The molecule has 1 amide bonds. The summed E-state index contributed by atoms with van der Waals surface area (Å²) in [6, 6.07) is 14.4. The highest BCUT2D eigenvalue weighted by Crippen LogP contribution is 2.36. The van der Waals surface area contributed by atoms with Crippen molar-refractivity contribution in [3.05, 3.63) is 65.4 Å². The molecule has 0 bridgehead atoms. The lowest BCUT2D eigenvalue weighted by Gasteiger charge is -2.28. The molecule has 1 atom stereocenters. The van der Waals surface area contributed by atoms with E-state index in [1.807, 2.05) is 37.3 Å². The maximum absolute atomic E-state index is 13.3. The topological polar surface area (TPSA) is 103 Å². The molecule has 1 aliphatic rings. The second kappa shape index (κ2) is 7.63. The molecule has 9 heteroatoms. The number of hydrogen-bond acceptors (Lipinski definition) is 7. The lowest BCUT2D eigenvalue weighted by atomic mass is 9.95. The third-order valence-electron chi connectivity index (χ3n) is 4.73. The molecule has 9 nitrogen and oxygen atoms in total. The van der Waals surface area contributed by atoms with Crippen molar-refractivity contribution in [1.29, 1.82) is 0 Å². The first-order valence-electron chi connectivity index (χ1n) is 8.96. The van der Waals surface area contributed by atoms with Crippen LogP contribution in [0.2, 0.25) is 0 Å². The van der Waals surface area contributed by atoms with E-state index in [-0.39, 0.29) is 5.91 Å². The third kappa shape index (κ3) is 3.38. The van der Waals surface area contributed by atoms with Crippen LogP contribution in [0.25, 0.3) is 0 Å². The van der Waals surface area contributed by atoms with Crippen molar-refractivity contribution in [3.63, 3.8) is 0 Å². The molecule has 3 aromatic rings. The molecule has 1 aromatic heterocycles. The molecule has 2 heterocycles. The first-order valence-corrected chi connectivity index (χ1v) is 8.96. The Morgan fingerprint density at radius 3 is 2.66 bits per heavy atom. The molecule has 0 saturated heterocycles. The maximum Gasteiger partial charge on any atom is 0.255 e. The number of methoxy groups -OCH3 is 2. The summed E-state index contributed by atoms with van der Waals surface area (Å²) in [5.74, 6) is 1.33. The normalized spacial score (nSPS) is 15.3. The molecule has 2 aromatic carbocycles. The Balaban J connectivity index is 1.73. The maximum atomic E-state index is 13.3. The van der Waals surface area contributed by atoms with E-state index in [0.29, 0.717) is 34.4 Å². The highest BCUT2D eigenvalue weighted by molar-refractivity contribution is 6.06. The molecule has 0 spiro atoms. The van der Waals surface area contributed by atoms with Gasteiger partial charge in [0.15, 0.2) is 0 Å². The summed E-state index contributed by atoms with van der Waals surface area (Å²) in [6.07, 6.45) is 0. The molecule has 29 heavy (non-hydrogen) atoms. The summed E-state index contributed by atoms with van der Waals surface area (Å²) >= 11 is 0. The molecular weight excluding hydrogens is 372 g/mol. The molecule has 148 valence electrons.